The molecule has 1 atom stereocenters. The topological polar surface area (TPSA) is 123 Å². The predicted octanol–water partition coefficient (Wildman–Crippen LogP) is 0.493. The van der Waals surface area contributed by atoms with E-state index in [-0.39, 0.29) is 54.0 Å². The van der Waals surface area contributed by atoms with Crippen LogP contribution in [0.15, 0.2) is 9.72 Å². The van der Waals surface area contributed by atoms with E-state index in [2.05, 4.69) is 10.3 Å². The number of carbonyl (C=O) groups is 3. The van der Waals surface area contributed by atoms with Crippen LogP contribution in [0.25, 0.3) is 0 Å². The van der Waals surface area contributed by atoms with Crippen molar-refractivity contribution in [3.8, 4) is 0 Å². The lowest BCUT2D eigenvalue weighted by atomic mass is 10.2. The number of carbonyl (C=O) groups excluding carboxylic acids is 3. The number of ether oxygens (including phenoxy) is 1. The van der Waals surface area contributed by atoms with Gasteiger partial charge in [-0.3, -0.25) is 14.4 Å². The third-order valence-corrected chi connectivity index (χ3v) is 7.97. The fourth-order valence-electron chi connectivity index (χ4n) is 2.74. The van der Waals surface area contributed by atoms with E-state index in [0.29, 0.717) is 29.6 Å². The van der Waals surface area contributed by atoms with Gasteiger partial charge < -0.3 is 15.0 Å². The number of sulfone groups is 1. The maximum absolute atomic E-state index is 12.4. The van der Waals surface area contributed by atoms with E-state index in [1.807, 2.05) is 0 Å². The molecule has 1 unspecified atom stereocenters. The molecule has 1 aromatic heterocycles. The Labute approximate surface area is 178 Å². The quantitative estimate of drug-likeness (QED) is 0.393. The lowest BCUT2D eigenvalue weighted by Crippen LogP contribution is -2.45. The van der Waals surface area contributed by atoms with Crippen LogP contribution in [-0.2, 0) is 35.4 Å². The molecule has 0 aromatic carbocycles. The first-order valence-electron chi connectivity index (χ1n) is 9.22. The van der Waals surface area contributed by atoms with Crippen molar-refractivity contribution in [3.05, 3.63) is 11.1 Å². The molecule has 2 amide bonds. The van der Waals surface area contributed by atoms with Gasteiger partial charge in [0.2, 0.25) is 11.8 Å². The summed E-state index contributed by atoms with van der Waals surface area (Å²) < 4.78 is 28.5. The van der Waals surface area contributed by atoms with Crippen LogP contribution in [0.2, 0.25) is 0 Å². The van der Waals surface area contributed by atoms with Gasteiger partial charge in [0.05, 0.1) is 42.5 Å². The Morgan fingerprint density at radius 1 is 1.38 bits per heavy atom. The Kier molecular flexibility index (Phi) is 8.90. The van der Waals surface area contributed by atoms with E-state index in [1.54, 1.807) is 19.2 Å². The Bertz CT molecular complexity index is 839. The van der Waals surface area contributed by atoms with Crippen molar-refractivity contribution in [2.45, 2.75) is 37.1 Å². The average Bonchev–Trinajstić information content (AvgIpc) is 3.23. The highest BCUT2D eigenvalue weighted by molar-refractivity contribution is 8.01. The Balaban J connectivity index is 1.78. The number of hydrogen-bond donors (Lipinski definition) is 1. The summed E-state index contributed by atoms with van der Waals surface area (Å²) in [6.07, 6.45) is 0.499. The molecule has 29 heavy (non-hydrogen) atoms. The van der Waals surface area contributed by atoms with Gasteiger partial charge in [-0.05, 0) is 20.3 Å². The molecule has 0 aliphatic carbocycles. The third kappa shape index (κ3) is 7.94. The fraction of sp³-hybridized carbons (Fsp3) is 0.647. The predicted molar refractivity (Wildman–Crippen MR) is 111 cm³/mol. The van der Waals surface area contributed by atoms with Crippen molar-refractivity contribution in [1.82, 2.24) is 15.2 Å². The SMILES string of the molecule is CCOC(=O)Cc1csc(SCC(=O)N(CC)CC(=O)NC2CCS(=O)(=O)C2)n1. The molecule has 0 bridgehead atoms. The minimum atomic E-state index is -3.07. The van der Waals surface area contributed by atoms with Crippen LogP contribution in [0.4, 0.5) is 0 Å². The van der Waals surface area contributed by atoms with Gasteiger partial charge in [-0.2, -0.15) is 0 Å². The zero-order valence-corrected chi connectivity index (χ0v) is 18.8. The Morgan fingerprint density at radius 2 is 2.14 bits per heavy atom. The largest absolute Gasteiger partial charge is 0.466 e. The van der Waals surface area contributed by atoms with Gasteiger partial charge in [0.25, 0.3) is 0 Å². The number of nitrogens with one attached hydrogen (secondary N) is 1. The summed E-state index contributed by atoms with van der Waals surface area (Å²) in [5.41, 5.74) is 0.599. The first-order chi connectivity index (χ1) is 13.7. The van der Waals surface area contributed by atoms with E-state index >= 15 is 0 Å². The van der Waals surface area contributed by atoms with Crippen molar-refractivity contribution >= 4 is 50.7 Å². The summed E-state index contributed by atoms with van der Waals surface area (Å²) >= 11 is 2.59. The second-order valence-corrected chi connectivity index (χ2v) is 10.8. The van der Waals surface area contributed by atoms with Crippen LogP contribution >= 0.6 is 23.1 Å². The van der Waals surface area contributed by atoms with Crippen LogP contribution in [0.5, 0.6) is 0 Å². The van der Waals surface area contributed by atoms with Crippen molar-refractivity contribution < 1.29 is 27.5 Å². The van der Waals surface area contributed by atoms with Crippen molar-refractivity contribution in [2.24, 2.45) is 0 Å². The molecular formula is C17H25N3O6S3. The molecule has 2 heterocycles. The monoisotopic (exact) mass is 463 g/mol. The van der Waals surface area contributed by atoms with Crippen molar-refractivity contribution in [3.63, 3.8) is 0 Å². The van der Waals surface area contributed by atoms with Crippen LogP contribution in [0, 0.1) is 0 Å². The molecule has 0 radical (unpaired) electrons. The molecule has 1 aliphatic heterocycles. The number of rotatable bonds is 10. The Morgan fingerprint density at radius 3 is 2.76 bits per heavy atom. The maximum Gasteiger partial charge on any atom is 0.311 e. The molecule has 2 rings (SSSR count). The van der Waals surface area contributed by atoms with Crippen LogP contribution in [0.1, 0.15) is 26.0 Å². The smallest absolute Gasteiger partial charge is 0.311 e. The summed E-state index contributed by atoms with van der Waals surface area (Å²) in [5.74, 6) is -0.773. The van der Waals surface area contributed by atoms with E-state index in [1.165, 1.54) is 28.0 Å². The lowest BCUT2D eigenvalue weighted by molar-refractivity contribution is -0.142. The zero-order valence-electron chi connectivity index (χ0n) is 16.4. The molecule has 0 saturated carbocycles. The number of aromatic nitrogens is 1. The first-order valence-corrected chi connectivity index (χ1v) is 12.9. The van der Waals surface area contributed by atoms with E-state index in [0.717, 1.165) is 0 Å². The van der Waals surface area contributed by atoms with Crippen LogP contribution in [0.3, 0.4) is 0 Å². The van der Waals surface area contributed by atoms with Gasteiger partial charge in [-0.15, -0.1) is 11.3 Å². The second kappa shape index (κ2) is 10.9. The minimum Gasteiger partial charge on any atom is -0.466 e. The molecule has 12 heteroatoms. The highest BCUT2D eigenvalue weighted by Gasteiger charge is 2.29. The fourth-order valence-corrected chi connectivity index (χ4v) is 6.16. The zero-order chi connectivity index (χ0) is 21.4. The summed E-state index contributed by atoms with van der Waals surface area (Å²) in [7, 11) is -3.07. The van der Waals surface area contributed by atoms with Crippen molar-refractivity contribution in [1.29, 1.82) is 0 Å². The van der Waals surface area contributed by atoms with Gasteiger partial charge in [0.1, 0.15) is 0 Å². The lowest BCUT2D eigenvalue weighted by Gasteiger charge is -2.21. The van der Waals surface area contributed by atoms with Gasteiger partial charge in [0, 0.05) is 18.0 Å². The number of nitrogens with zero attached hydrogens (tertiary/aromatic N) is 2. The van der Waals surface area contributed by atoms with Gasteiger partial charge >= 0.3 is 5.97 Å². The molecule has 1 N–H and O–H groups in total. The number of thiazole rings is 1. The maximum atomic E-state index is 12.4. The van der Waals surface area contributed by atoms with Gasteiger partial charge in [-0.1, -0.05) is 11.8 Å². The molecule has 1 saturated heterocycles. The standard InChI is InChI=1S/C17H25N3O6S3/c1-3-20(8-14(21)18-12-5-6-29(24,25)11-12)15(22)10-28-17-19-13(9-27-17)7-16(23)26-4-2/h9,12H,3-8,10-11H2,1-2H3,(H,18,21). The molecule has 1 fully saturated rings. The number of hydrogen-bond acceptors (Lipinski definition) is 9. The van der Waals surface area contributed by atoms with Crippen LogP contribution in [-0.4, -0.2) is 79.1 Å². The third-order valence-electron chi connectivity index (χ3n) is 4.15. The summed E-state index contributed by atoms with van der Waals surface area (Å²) in [6, 6.07) is -0.385. The molecular weight excluding hydrogens is 438 g/mol. The Hall–Kier alpha value is -1.66. The molecule has 1 aromatic rings. The highest BCUT2D eigenvalue weighted by atomic mass is 32.2. The highest BCUT2D eigenvalue weighted by Crippen LogP contribution is 2.23. The second-order valence-electron chi connectivity index (χ2n) is 6.45. The van der Waals surface area contributed by atoms with Crippen LogP contribution < -0.4 is 5.32 Å². The summed E-state index contributed by atoms with van der Waals surface area (Å²) in [4.78, 5) is 41.8. The molecule has 162 valence electrons. The van der Waals surface area contributed by atoms with Gasteiger partial charge in [-0.25, -0.2) is 13.4 Å². The molecule has 1 aliphatic rings. The summed E-state index contributed by atoms with van der Waals surface area (Å²) in [5, 5.41) is 4.44. The molecule has 9 nitrogen and oxygen atoms in total. The number of thioether (sulfide) groups is 1. The normalized spacial score (nSPS) is 17.7. The minimum absolute atomic E-state index is 0.0488. The van der Waals surface area contributed by atoms with Gasteiger partial charge in [0.15, 0.2) is 14.2 Å². The van der Waals surface area contributed by atoms with E-state index < -0.39 is 9.84 Å². The number of esters is 1. The van der Waals surface area contributed by atoms with Crippen molar-refractivity contribution in [2.75, 3.05) is 37.0 Å². The number of amides is 2. The molecule has 0 spiro atoms. The first kappa shape index (κ1) is 23.6. The van der Waals surface area contributed by atoms with E-state index in [9.17, 15) is 22.8 Å². The summed E-state index contributed by atoms with van der Waals surface area (Å²) in [6.45, 7) is 4.08. The average molecular weight is 464 g/mol. The number of likely N-dealkylation sites (N-methyl/N-ethyl adjacent to an activating group) is 1. The van der Waals surface area contributed by atoms with E-state index in [4.69, 9.17) is 4.74 Å².